The number of ether oxygens (including phenoxy) is 1. The quantitative estimate of drug-likeness (QED) is 0.213. The zero-order valence-corrected chi connectivity index (χ0v) is 20.9. The Morgan fingerprint density at radius 3 is 2.60 bits per heavy atom. The van der Waals surface area contributed by atoms with Crippen LogP contribution in [-0.4, -0.2) is 30.2 Å². The average molecular weight is 526 g/mol. The smallest absolute Gasteiger partial charge is 0.250 e. The second-order valence-electron chi connectivity index (χ2n) is 7.03. The topological polar surface area (TPSA) is 67.7 Å². The summed E-state index contributed by atoms with van der Waals surface area (Å²) in [4.78, 5) is 16.6. The Morgan fingerprint density at radius 1 is 1.10 bits per heavy atom. The number of unbranched alkanes of at least 4 members (excludes halogenated alkanes) is 1. The van der Waals surface area contributed by atoms with Crippen molar-refractivity contribution < 1.29 is 4.74 Å². The molecule has 0 aliphatic carbocycles. The first-order valence-corrected chi connectivity index (χ1v) is 10.5. The van der Waals surface area contributed by atoms with E-state index in [1.807, 2.05) is 24.5 Å². The van der Waals surface area contributed by atoms with Gasteiger partial charge in [-0.3, -0.25) is 4.79 Å². The van der Waals surface area contributed by atoms with Crippen molar-refractivity contribution in [2.45, 2.75) is 53.6 Å². The van der Waals surface area contributed by atoms with Gasteiger partial charge in [0.25, 0.3) is 5.56 Å². The van der Waals surface area contributed by atoms with Crippen molar-refractivity contribution in [1.29, 1.82) is 0 Å². The number of rotatable bonds is 10. The normalized spacial score (nSPS) is 11.0. The van der Waals surface area contributed by atoms with Crippen LogP contribution in [0.1, 0.15) is 43.5 Å². The number of pyridine rings is 1. The van der Waals surface area contributed by atoms with E-state index in [1.54, 1.807) is 12.1 Å². The van der Waals surface area contributed by atoms with Gasteiger partial charge in [0.1, 0.15) is 5.75 Å². The van der Waals surface area contributed by atoms with Crippen LogP contribution in [0.2, 0.25) is 0 Å². The monoisotopic (exact) mass is 526 g/mol. The SMILES string of the molecule is CCNC(=NCc1ccc(C)cc1OCC)NCCCCn1c(C)cccc1=O.I. The van der Waals surface area contributed by atoms with Crippen LogP contribution < -0.4 is 20.9 Å². The number of nitrogens with zero attached hydrogens (tertiary/aromatic N) is 2. The summed E-state index contributed by atoms with van der Waals surface area (Å²) in [6, 6.07) is 11.6. The van der Waals surface area contributed by atoms with Crippen LogP contribution in [0, 0.1) is 13.8 Å². The number of aromatic nitrogens is 1. The number of guanidine groups is 1. The third kappa shape index (κ3) is 8.38. The van der Waals surface area contributed by atoms with E-state index in [4.69, 9.17) is 9.73 Å². The van der Waals surface area contributed by atoms with E-state index >= 15 is 0 Å². The second-order valence-corrected chi connectivity index (χ2v) is 7.03. The lowest BCUT2D eigenvalue weighted by Crippen LogP contribution is -2.37. The van der Waals surface area contributed by atoms with E-state index in [1.165, 1.54) is 5.56 Å². The standard InChI is InChI=1S/C23H34N4O2.HI/c1-5-24-23(26-17-20-13-12-18(3)16-21(20)29-6-2)25-14-7-8-15-27-19(4)10-9-11-22(27)28;/h9-13,16H,5-8,14-15,17H2,1-4H3,(H2,24,25,26);1H. The molecule has 0 saturated heterocycles. The number of nitrogens with one attached hydrogen (secondary N) is 2. The molecule has 1 aromatic heterocycles. The summed E-state index contributed by atoms with van der Waals surface area (Å²) >= 11 is 0. The molecule has 166 valence electrons. The number of benzene rings is 1. The summed E-state index contributed by atoms with van der Waals surface area (Å²) in [5.74, 6) is 1.69. The van der Waals surface area contributed by atoms with Crippen LogP contribution in [0.3, 0.4) is 0 Å². The van der Waals surface area contributed by atoms with Gasteiger partial charge < -0.3 is 19.9 Å². The number of aliphatic imine (C=N–C) groups is 1. The molecule has 0 aliphatic rings. The first kappa shape index (κ1) is 26.0. The van der Waals surface area contributed by atoms with Crippen LogP contribution in [0.15, 0.2) is 46.2 Å². The van der Waals surface area contributed by atoms with Crippen molar-refractivity contribution in [1.82, 2.24) is 15.2 Å². The number of halogens is 1. The molecule has 30 heavy (non-hydrogen) atoms. The molecule has 0 aliphatic heterocycles. The minimum absolute atomic E-state index is 0. The van der Waals surface area contributed by atoms with Gasteiger partial charge in [0.15, 0.2) is 5.96 Å². The van der Waals surface area contributed by atoms with Crippen LogP contribution in [-0.2, 0) is 13.1 Å². The van der Waals surface area contributed by atoms with Crippen molar-refractivity contribution >= 4 is 29.9 Å². The zero-order valence-electron chi connectivity index (χ0n) is 18.5. The number of hydrogen-bond donors (Lipinski definition) is 2. The van der Waals surface area contributed by atoms with Crippen molar-refractivity contribution in [2.24, 2.45) is 4.99 Å². The second kappa shape index (κ2) is 14.1. The molecule has 2 N–H and O–H groups in total. The van der Waals surface area contributed by atoms with E-state index in [-0.39, 0.29) is 29.5 Å². The summed E-state index contributed by atoms with van der Waals surface area (Å²) < 4.78 is 7.57. The predicted molar refractivity (Wildman–Crippen MR) is 135 cm³/mol. The Kier molecular flexibility index (Phi) is 12.2. The highest BCUT2D eigenvalue weighted by Gasteiger charge is 2.05. The minimum Gasteiger partial charge on any atom is -0.494 e. The lowest BCUT2D eigenvalue weighted by atomic mass is 10.1. The molecule has 0 unspecified atom stereocenters. The van der Waals surface area contributed by atoms with Gasteiger partial charge >= 0.3 is 0 Å². The van der Waals surface area contributed by atoms with Gasteiger partial charge in [0, 0.05) is 37.0 Å². The molecular weight excluding hydrogens is 491 g/mol. The summed E-state index contributed by atoms with van der Waals surface area (Å²) in [6.45, 7) is 11.6. The van der Waals surface area contributed by atoms with Gasteiger partial charge in [-0.25, -0.2) is 4.99 Å². The van der Waals surface area contributed by atoms with Gasteiger partial charge in [-0.05, 0) is 58.2 Å². The molecule has 7 heteroatoms. The van der Waals surface area contributed by atoms with E-state index < -0.39 is 0 Å². The third-order valence-corrected chi connectivity index (χ3v) is 4.64. The highest BCUT2D eigenvalue weighted by molar-refractivity contribution is 14.0. The molecule has 0 saturated carbocycles. The summed E-state index contributed by atoms with van der Waals surface area (Å²) in [6.07, 6.45) is 1.89. The molecule has 0 amide bonds. The lowest BCUT2D eigenvalue weighted by molar-refractivity contribution is 0.336. The van der Waals surface area contributed by atoms with Gasteiger partial charge in [-0.1, -0.05) is 18.2 Å². The molecule has 0 bridgehead atoms. The Labute approximate surface area is 197 Å². The Balaban J connectivity index is 0.00000450. The number of aryl methyl sites for hydroxylation is 2. The fraction of sp³-hybridized carbons (Fsp3) is 0.478. The third-order valence-electron chi connectivity index (χ3n) is 4.64. The first-order chi connectivity index (χ1) is 14.0. The summed E-state index contributed by atoms with van der Waals surface area (Å²) in [7, 11) is 0. The van der Waals surface area contributed by atoms with E-state index in [0.29, 0.717) is 13.2 Å². The maximum atomic E-state index is 11.9. The van der Waals surface area contributed by atoms with Gasteiger partial charge in [0.2, 0.25) is 0 Å². The Hall–Kier alpha value is -2.03. The lowest BCUT2D eigenvalue weighted by Gasteiger charge is -2.13. The van der Waals surface area contributed by atoms with Crippen molar-refractivity contribution in [2.75, 3.05) is 19.7 Å². The zero-order chi connectivity index (χ0) is 21.1. The summed E-state index contributed by atoms with van der Waals surface area (Å²) in [5, 5.41) is 6.67. The van der Waals surface area contributed by atoms with Crippen molar-refractivity contribution in [3.05, 3.63) is 63.6 Å². The predicted octanol–water partition coefficient (Wildman–Crippen LogP) is 4.02. The molecule has 1 heterocycles. The van der Waals surface area contributed by atoms with Gasteiger partial charge in [-0.15, -0.1) is 24.0 Å². The van der Waals surface area contributed by atoms with Gasteiger partial charge in [-0.2, -0.15) is 0 Å². The molecule has 1 aromatic carbocycles. The van der Waals surface area contributed by atoms with Crippen LogP contribution in [0.25, 0.3) is 0 Å². The maximum absolute atomic E-state index is 11.9. The Morgan fingerprint density at radius 2 is 1.90 bits per heavy atom. The molecular formula is C23H35IN4O2. The highest BCUT2D eigenvalue weighted by Crippen LogP contribution is 2.21. The average Bonchev–Trinajstić information content (AvgIpc) is 2.69. The van der Waals surface area contributed by atoms with Crippen LogP contribution in [0.5, 0.6) is 5.75 Å². The minimum atomic E-state index is 0. The van der Waals surface area contributed by atoms with Crippen molar-refractivity contribution in [3.63, 3.8) is 0 Å². The van der Waals surface area contributed by atoms with Gasteiger partial charge in [0.05, 0.1) is 13.2 Å². The molecule has 2 rings (SSSR count). The molecule has 2 aromatic rings. The van der Waals surface area contributed by atoms with E-state index in [2.05, 4.69) is 42.7 Å². The fourth-order valence-corrected chi connectivity index (χ4v) is 3.10. The van der Waals surface area contributed by atoms with E-state index in [9.17, 15) is 4.79 Å². The molecule has 0 spiro atoms. The van der Waals surface area contributed by atoms with E-state index in [0.717, 1.165) is 55.4 Å². The van der Waals surface area contributed by atoms with Crippen molar-refractivity contribution in [3.8, 4) is 5.75 Å². The molecule has 0 fully saturated rings. The largest absolute Gasteiger partial charge is 0.494 e. The first-order valence-electron chi connectivity index (χ1n) is 10.5. The highest BCUT2D eigenvalue weighted by atomic mass is 127. The summed E-state index contributed by atoms with van der Waals surface area (Å²) in [5.41, 5.74) is 3.33. The molecule has 6 nitrogen and oxygen atoms in total. The maximum Gasteiger partial charge on any atom is 0.250 e. The molecule has 0 atom stereocenters. The fourth-order valence-electron chi connectivity index (χ4n) is 3.10. The van der Waals surface area contributed by atoms with Crippen LogP contribution in [0.4, 0.5) is 0 Å². The Bertz CT molecular complexity index is 865. The molecule has 0 radical (unpaired) electrons. The van der Waals surface area contributed by atoms with Crippen LogP contribution >= 0.6 is 24.0 Å². The number of hydrogen-bond acceptors (Lipinski definition) is 3.